The van der Waals surface area contributed by atoms with Crippen molar-refractivity contribution in [2.75, 3.05) is 18.9 Å². The molecule has 136 valence electrons. The number of nitrogen functional groups attached to an aromatic ring is 1. The standard InChI is InChI=1S/C20H28ClN3O/c1-14(17-10-19(22)24-13-18(17)21)6-5-7-15(2)23-12-16-8-9-25-20(3,4)11-16/h5-7,10,13,16,23H,2,8-9,11-12H2,1,3-4H3,(H2,22,24)/b7-5-,14-6+. The van der Waals surface area contributed by atoms with Gasteiger partial charge in [0.1, 0.15) is 5.82 Å². The van der Waals surface area contributed by atoms with Gasteiger partial charge < -0.3 is 15.8 Å². The Hall–Kier alpha value is -1.78. The Balaban J connectivity index is 1.86. The summed E-state index contributed by atoms with van der Waals surface area (Å²) in [6.07, 6.45) is 9.65. The molecule has 0 aliphatic carbocycles. The van der Waals surface area contributed by atoms with E-state index in [1.807, 2.05) is 25.2 Å². The lowest BCUT2D eigenvalue weighted by molar-refractivity contribution is -0.0714. The summed E-state index contributed by atoms with van der Waals surface area (Å²) < 4.78 is 5.76. The Bertz CT molecular complexity index is 680. The third kappa shape index (κ3) is 6.22. The molecular formula is C20H28ClN3O. The molecule has 1 fully saturated rings. The number of anilines is 1. The topological polar surface area (TPSA) is 60.2 Å². The molecule has 1 aliphatic rings. The van der Waals surface area contributed by atoms with Crippen LogP contribution in [0.1, 0.15) is 39.2 Å². The fourth-order valence-electron chi connectivity index (χ4n) is 3.02. The molecule has 2 heterocycles. The minimum atomic E-state index is -0.0206. The molecule has 0 bridgehead atoms. The normalized spacial score (nSPS) is 20.6. The van der Waals surface area contributed by atoms with Crippen molar-refractivity contribution in [3.05, 3.63) is 53.4 Å². The second kappa shape index (κ2) is 8.54. The Labute approximate surface area is 155 Å². The fraction of sp³-hybridized carbons (Fsp3) is 0.450. The second-order valence-corrected chi connectivity index (χ2v) is 7.58. The minimum absolute atomic E-state index is 0.0206. The molecule has 1 atom stereocenters. The van der Waals surface area contributed by atoms with Gasteiger partial charge in [0.25, 0.3) is 0 Å². The van der Waals surface area contributed by atoms with E-state index in [2.05, 4.69) is 30.7 Å². The largest absolute Gasteiger partial charge is 0.385 e. The van der Waals surface area contributed by atoms with E-state index in [1.165, 1.54) is 0 Å². The van der Waals surface area contributed by atoms with Crippen LogP contribution in [0.15, 0.2) is 42.8 Å². The van der Waals surface area contributed by atoms with Crippen molar-refractivity contribution in [1.29, 1.82) is 0 Å². The van der Waals surface area contributed by atoms with Gasteiger partial charge in [0.2, 0.25) is 0 Å². The van der Waals surface area contributed by atoms with Gasteiger partial charge in [-0.3, -0.25) is 0 Å². The molecule has 2 rings (SSSR count). The van der Waals surface area contributed by atoms with Crippen molar-refractivity contribution < 1.29 is 4.74 Å². The zero-order valence-corrected chi connectivity index (χ0v) is 16.1. The number of nitrogens with one attached hydrogen (secondary N) is 1. The van der Waals surface area contributed by atoms with Gasteiger partial charge in [-0.25, -0.2) is 4.98 Å². The molecule has 3 N–H and O–H groups in total. The van der Waals surface area contributed by atoms with Gasteiger partial charge in [-0.2, -0.15) is 0 Å². The Morgan fingerprint density at radius 3 is 3.04 bits per heavy atom. The first-order valence-electron chi connectivity index (χ1n) is 8.60. The highest BCUT2D eigenvalue weighted by atomic mass is 35.5. The molecule has 1 unspecified atom stereocenters. The molecule has 1 saturated heterocycles. The molecule has 0 spiro atoms. The highest BCUT2D eigenvalue weighted by Crippen LogP contribution is 2.28. The first-order chi connectivity index (χ1) is 11.8. The molecule has 5 heteroatoms. The summed E-state index contributed by atoms with van der Waals surface area (Å²) in [5, 5.41) is 3.99. The molecule has 1 aromatic rings. The van der Waals surface area contributed by atoms with Gasteiger partial charge in [0.15, 0.2) is 0 Å². The highest BCUT2D eigenvalue weighted by molar-refractivity contribution is 6.32. The molecule has 4 nitrogen and oxygen atoms in total. The molecule has 0 saturated carbocycles. The van der Waals surface area contributed by atoms with Crippen molar-refractivity contribution >= 4 is 23.0 Å². The van der Waals surface area contributed by atoms with Gasteiger partial charge in [0.05, 0.1) is 10.6 Å². The summed E-state index contributed by atoms with van der Waals surface area (Å²) in [5.74, 6) is 1.08. The number of nitrogens with two attached hydrogens (primary N) is 1. The zero-order valence-electron chi connectivity index (χ0n) is 15.3. The maximum absolute atomic E-state index is 6.17. The van der Waals surface area contributed by atoms with Crippen LogP contribution in [-0.2, 0) is 4.74 Å². The maximum Gasteiger partial charge on any atom is 0.123 e. The first kappa shape index (κ1) is 19.5. The van der Waals surface area contributed by atoms with Crippen LogP contribution in [0.2, 0.25) is 5.02 Å². The van der Waals surface area contributed by atoms with Crippen LogP contribution in [0, 0.1) is 5.92 Å². The van der Waals surface area contributed by atoms with Crippen LogP contribution >= 0.6 is 11.6 Å². The number of nitrogens with zero attached hydrogens (tertiary/aromatic N) is 1. The smallest absolute Gasteiger partial charge is 0.123 e. The Morgan fingerprint density at radius 2 is 2.32 bits per heavy atom. The molecular weight excluding hydrogens is 334 g/mol. The maximum atomic E-state index is 6.17. The van der Waals surface area contributed by atoms with Crippen LogP contribution in [0.5, 0.6) is 0 Å². The highest BCUT2D eigenvalue weighted by Gasteiger charge is 2.28. The van der Waals surface area contributed by atoms with E-state index in [0.717, 1.165) is 42.8 Å². The van der Waals surface area contributed by atoms with Crippen molar-refractivity contribution in [1.82, 2.24) is 10.3 Å². The lowest BCUT2D eigenvalue weighted by atomic mass is 9.88. The van der Waals surface area contributed by atoms with E-state index in [9.17, 15) is 0 Å². The number of hydrogen-bond acceptors (Lipinski definition) is 4. The van der Waals surface area contributed by atoms with Crippen LogP contribution < -0.4 is 11.1 Å². The van der Waals surface area contributed by atoms with Gasteiger partial charge in [-0.1, -0.05) is 30.3 Å². The van der Waals surface area contributed by atoms with Crippen molar-refractivity contribution in [3.63, 3.8) is 0 Å². The summed E-state index contributed by atoms with van der Waals surface area (Å²) in [6.45, 7) is 12.1. The summed E-state index contributed by atoms with van der Waals surface area (Å²) in [4.78, 5) is 3.98. The monoisotopic (exact) mass is 361 g/mol. The van der Waals surface area contributed by atoms with Gasteiger partial charge in [0, 0.05) is 30.6 Å². The van der Waals surface area contributed by atoms with Gasteiger partial charge in [-0.15, -0.1) is 0 Å². The molecule has 1 aromatic heterocycles. The number of aromatic nitrogens is 1. The predicted molar refractivity (Wildman–Crippen MR) is 106 cm³/mol. The molecule has 0 amide bonds. The van der Waals surface area contributed by atoms with Crippen molar-refractivity contribution in [2.45, 2.75) is 39.2 Å². The van der Waals surface area contributed by atoms with Crippen molar-refractivity contribution in [3.8, 4) is 0 Å². The van der Waals surface area contributed by atoms with Crippen LogP contribution in [0.25, 0.3) is 5.57 Å². The predicted octanol–water partition coefficient (Wildman–Crippen LogP) is 4.59. The van der Waals surface area contributed by atoms with Crippen molar-refractivity contribution in [2.24, 2.45) is 5.92 Å². The average Bonchev–Trinajstić information content (AvgIpc) is 2.54. The van der Waals surface area contributed by atoms with Crippen LogP contribution in [0.3, 0.4) is 0 Å². The van der Waals surface area contributed by atoms with E-state index < -0.39 is 0 Å². The zero-order chi connectivity index (χ0) is 18.4. The van der Waals surface area contributed by atoms with E-state index in [0.29, 0.717) is 16.8 Å². The first-order valence-corrected chi connectivity index (χ1v) is 8.98. The molecule has 0 aromatic carbocycles. The number of hydrogen-bond donors (Lipinski definition) is 2. The van der Waals surface area contributed by atoms with E-state index >= 15 is 0 Å². The minimum Gasteiger partial charge on any atom is -0.385 e. The average molecular weight is 362 g/mol. The second-order valence-electron chi connectivity index (χ2n) is 7.17. The van der Waals surface area contributed by atoms with E-state index in [4.69, 9.17) is 22.1 Å². The Kier molecular flexibility index (Phi) is 6.68. The third-order valence-electron chi connectivity index (χ3n) is 4.36. The number of rotatable bonds is 6. The number of ether oxygens (including phenoxy) is 1. The third-order valence-corrected chi connectivity index (χ3v) is 4.66. The summed E-state index contributed by atoms with van der Waals surface area (Å²) in [6, 6.07) is 1.78. The summed E-state index contributed by atoms with van der Waals surface area (Å²) >= 11 is 6.17. The summed E-state index contributed by atoms with van der Waals surface area (Å²) in [7, 11) is 0. The number of halogens is 1. The molecule has 25 heavy (non-hydrogen) atoms. The number of pyridine rings is 1. The molecule has 1 aliphatic heterocycles. The quantitative estimate of drug-likeness (QED) is 0.728. The fourth-order valence-corrected chi connectivity index (χ4v) is 3.27. The van der Waals surface area contributed by atoms with Gasteiger partial charge >= 0.3 is 0 Å². The van der Waals surface area contributed by atoms with E-state index in [1.54, 1.807) is 12.3 Å². The number of allylic oxidation sites excluding steroid dienone is 4. The van der Waals surface area contributed by atoms with Crippen LogP contribution in [-0.4, -0.2) is 23.7 Å². The lowest BCUT2D eigenvalue weighted by Gasteiger charge is -2.35. The summed E-state index contributed by atoms with van der Waals surface area (Å²) in [5.41, 5.74) is 8.51. The molecule has 0 radical (unpaired) electrons. The SMILES string of the molecule is C=C(/C=C\C=C(/C)c1cc(N)ncc1Cl)NCC1CCOC(C)(C)C1. The van der Waals surface area contributed by atoms with E-state index in [-0.39, 0.29) is 5.60 Å². The Morgan fingerprint density at radius 1 is 1.56 bits per heavy atom. The van der Waals surface area contributed by atoms with Gasteiger partial charge in [-0.05, 0) is 57.2 Å². The lowest BCUT2D eigenvalue weighted by Crippen LogP contribution is -2.37. The van der Waals surface area contributed by atoms with Crippen LogP contribution in [0.4, 0.5) is 5.82 Å².